The summed E-state index contributed by atoms with van der Waals surface area (Å²) in [6.45, 7) is 0. The lowest BCUT2D eigenvalue weighted by atomic mass is 9.92. The molecule has 1 aromatic carbocycles. The lowest BCUT2D eigenvalue weighted by Crippen LogP contribution is -2.15. The lowest BCUT2D eigenvalue weighted by molar-refractivity contribution is 0.267. The first-order valence-electron chi connectivity index (χ1n) is 4.76. The van der Waals surface area contributed by atoms with Crippen LogP contribution in [-0.4, -0.2) is 6.10 Å². The van der Waals surface area contributed by atoms with E-state index < -0.39 is 0 Å². The molecule has 1 aliphatic carbocycles. The Morgan fingerprint density at radius 2 is 2.00 bits per heavy atom. The largest absolute Gasteiger partial charge is 0.484 e. The van der Waals surface area contributed by atoms with E-state index in [9.17, 15) is 0 Å². The number of benzene rings is 1. The quantitative estimate of drug-likeness (QED) is 0.697. The number of fused-ring (bicyclic) bond motifs is 3. The van der Waals surface area contributed by atoms with E-state index in [1.165, 1.54) is 5.56 Å². The van der Waals surface area contributed by atoms with E-state index >= 15 is 0 Å². The summed E-state index contributed by atoms with van der Waals surface area (Å²) in [6.07, 6.45) is 8.42. The average molecular weight is 284 g/mol. The van der Waals surface area contributed by atoms with Gasteiger partial charge in [0.05, 0.1) is 4.47 Å². The average Bonchev–Trinajstić information content (AvgIpc) is 2.57. The van der Waals surface area contributed by atoms with Gasteiger partial charge in [0.15, 0.2) is 0 Å². The van der Waals surface area contributed by atoms with E-state index in [-0.39, 0.29) is 6.10 Å². The first-order valence-corrected chi connectivity index (χ1v) is 5.93. The SMILES string of the molecule is Clc1cc(Br)c2c(c1)C1C=CC=CC1O2. The van der Waals surface area contributed by atoms with Gasteiger partial charge in [0.1, 0.15) is 11.9 Å². The third-order valence-corrected chi connectivity index (χ3v) is 3.54. The van der Waals surface area contributed by atoms with Crippen LogP contribution in [0.2, 0.25) is 5.02 Å². The number of rotatable bonds is 0. The Morgan fingerprint density at radius 1 is 1.20 bits per heavy atom. The highest BCUT2D eigenvalue weighted by molar-refractivity contribution is 9.10. The van der Waals surface area contributed by atoms with Gasteiger partial charge in [-0.05, 0) is 34.1 Å². The van der Waals surface area contributed by atoms with Crippen LogP contribution in [0.4, 0.5) is 0 Å². The molecule has 1 heterocycles. The van der Waals surface area contributed by atoms with Gasteiger partial charge in [-0.15, -0.1) is 0 Å². The van der Waals surface area contributed by atoms with E-state index in [2.05, 4.69) is 34.2 Å². The van der Waals surface area contributed by atoms with Gasteiger partial charge in [0, 0.05) is 16.5 Å². The predicted molar refractivity (Wildman–Crippen MR) is 64.6 cm³/mol. The summed E-state index contributed by atoms with van der Waals surface area (Å²) in [6, 6.07) is 3.85. The molecule has 1 aromatic rings. The van der Waals surface area contributed by atoms with Gasteiger partial charge in [0.2, 0.25) is 0 Å². The normalized spacial score (nSPS) is 26.0. The van der Waals surface area contributed by atoms with Crippen LogP contribution in [0.3, 0.4) is 0 Å². The Morgan fingerprint density at radius 3 is 2.87 bits per heavy atom. The van der Waals surface area contributed by atoms with Crippen molar-refractivity contribution in [3.63, 3.8) is 0 Å². The molecule has 1 aliphatic heterocycles. The maximum atomic E-state index is 6.03. The van der Waals surface area contributed by atoms with Crippen LogP contribution in [0, 0.1) is 0 Å². The summed E-state index contributed by atoms with van der Waals surface area (Å²) < 4.78 is 6.78. The molecule has 15 heavy (non-hydrogen) atoms. The fraction of sp³-hybridized carbons (Fsp3) is 0.167. The molecule has 0 saturated carbocycles. The summed E-state index contributed by atoms with van der Waals surface area (Å²) >= 11 is 9.51. The molecule has 0 N–H and O–H groups in total. The van der Waals surface area contributed by atoms with Crippen molar-refractivity contribution in [2.75, 3.05) is 0 Å². The van der Waals surface area contributed by atoms with Gasteiger partial charge >= 0.3 is 0 Å². The van der Waals surface area contributed by atoms with Crippen molar-refractivity contribution in [1.82, 2.24) is 0 Å². The minimum Gasteiger partial charge on any atom is -0.484 e. The van der Waals surface area contributed by atoms with E-state index in [0.29, 0.717) is 5.92 Å². The minimum absolute atomic E-state index is 0.125. The fourth-order valence-corrected chi connectivity index (χ4v) is 3.00. The second-order valence-corrected chi connectivity index (χ2v) is 4.97. The molecule has 0 amide bonds. The predicted octanol–water partition coefficient (Wildman–Crippen LogP) is 4.07. The molecule has 2 aliphatic rings. The van der Waals surface area contributed by atoms with Gasteiger partial charge in [-0.25, -0.2) is 0 Å². The second kappa shape index (κ2) is 3.39. The summed E-state index contributed by atoms with van der Waals surface area (Å²) in [5.41, 5.74) is 1.17. The number of hydrogen-bond donors (Lipinski definition) is 0. The molecule has 0 radical (unpaired) electrons. The Labute approximate surface area is 102 Å². The topological polar surface area (TPSA) is 9.23 Å². The molecule has 1 nitrogen and oxygen atoms in total. The molecular formula is C12H8BrClO. The van der Waals surface area contributed by atoms with Gasteiger partial charge in [-0.1, -0.05) is 29.8 Å². The number of allylic oxidation sites excluding steroid dienone is 2. The molecule has 0 bridgehead atoms. The number of hydrogen-bond acceptors (Lipinski definition) is 1. The van der Waals surface area contributed by atoms with Crippen molar-refractivity contribution in [3.8, 4) is 5.75 Å². The molecule has 76 valence electrons. The van der Waals surface area contributed by atoms with Crippen molar-refractivity contribution in [2.45, 2.75) is 12.0 Å². The second-order valence-electron chi connectivity index (χ2n) is 3.68. The third kappa shape index (κ3) is 1.44. The Kier molecular flexibility index (Phi) is 2.15. The summed E-state index contributed by atoms with van der Waals surface area (Å²) in [5, 5.41) is 0.743. The van der Waals surface area contributed by atoms with E-state index in [1.54, 1.807) is 0 Å². The molecule has 0 saturated heterocycles. The summed E-state index contributed by atoms with van der Waals surface area (Å²) in [7, 11) is 0. The fourth-order valence-electron chi connectivity index (χ4n) is 2.07. The van der Waals surface area contributed by atoms with Crippen LogP contribution in [-0.2, 0) is 0 Å². The highest BCUT2D eigenvalue weighted by Crippen LogP contribution is 2.46. The summed E-state index contributed by atoms with van der Waals surface area (Å²) in [4.78, 5) is 0. The van der Waals surface area contributed by atoms with Crippen molar-refractivity contribution in [2.24, 2.45) is 0 Å². The Bertz CT molecular complexity index is 479. The van der Waals surface area contributed by atoms with Crippen LogP contribution in [0.1, 0.15) is 11.5 Å². The zero-order chi connectivity index (χ0) is 10.4. The maximum Gasteiger partial charge on any atom is 0.138 e. The van der Waals surface area contributed by atoms with Gasteiger partial charge in [-0.3, -0.25) is 0 Å². The van der Waals surface area contributed by atoms with Gasteiger partial charge in [0.25, 0.3) is 0 Å². The van der Waals surface area contributed by atoms with Crippen molar-refractivity contribution in [3.05, 3.63) is 51.5 Å². The molecule has 2 unspecified atom stereocenters. The van der Waals surface area contributed by atoms with Crippen LogP contribution in [0.25, 0.3) is 0 Å². The molecule has 0 spiro atoms. The van der Waals surface area contributed by atoms with Crippen molar-refractivity contribution in [1.29, 1.82) is 0 Å². The van der Waals surface area contributed by atoms with E-state index in [1.807, 2.05) is 18.2 Å². The van der Waals surface area contributed by atoms with Crippen molar-refractivity contribution < 1.29 is 4.74 Å². The van der Waals surface area contributed by atoms with Gasteiger partial charge in [-0.2, -0.15) is 0 Å². The first kappa shape index (κ1) is 9.49. The molecule has 0 aromatic heterocycles. The van der Waals surface area contributed by atoms with E-state index in [4.69, 9.17) is 16.3 Å². The molecular weight excluding hydrogens is 275 g/mol. The zero-order valence-electron chi connectivity index (χ0n) is 7.78. The monoisotopic (exact) mass is 282 g/mol. The van der Waals surface area contributed by atoms with Crippen LogP contribution in [0.15, 0.2) is 40.9 Å². The maximum absolute atomic E-state index is 6.03. The van der Waals surface area contributed by atoms with Crippen molar-refractivity contribution >= 4 is 27.5 Å². The molecule has 0 fully saturated rings. The van der Waals surface area contributed by atoms with Crippen LogP contribution < -0.4 is 4.74 Å². The third-order valence-electron chi connectivity index (χ3n) is 2.73. The highest BCUT2D eigenvalue weighted by Gasteiger charge is 2.33. The number of ether oxygens (including phenoxy) is 1. The highest BCUT2D eigenvalue weighted by atomic mass is 79.9. The van der Waals surface area contributed by atoms with Gasteiger partial charge < -0.3 is 4.74 Å². The number of halogens is 2. The smallest absolute Gasteiger partial charge is 0.138 e. The van der Waals surface area contributed by atoms with E-state index in [0.717, 1.165) is 15.2 Å². The standard InChI is InChI=1S/C12H8BrClO/c13-10-6-7(14)5-9-8-3-1-2-4-11(8)15-12(9)10/h1-6,8,11H. The molecule has 3 rings (SSSR count). The zero-order valence-corrected chi connectivity index (χ0v) is 10.1. The minimum atomic E-state index is 0.125. The summed E-state index contributed by atoms with van der Waals surface area (Å²) in [5.74, 6) is 1.23. The van der Waals surface area contributed by atoms with Crippen LogP contribution >= 0.6 is 27.5 Å². The lowest BCUT2D eigenvalue weighted by Gasteiger charge is -2.13. The van der Waals surface area contributed by atoms with Crippen LogP contribution in [0.5, 0.6) is 5.75 Å². The Hall–Kier alpha value is -0.730. The first-order chi connectivity index (χ1) is 7.25. The molecule has 3 heteroatoms. The Balaban J connectivity index is 2.17. The molecule has 2 atom stereocenters.